The van der Waals surface area contributed by atoms with Crippen molar-refractivity contribution < 1.29 is 0 Å². The molecule has 1 heteroatoms. The van der Waals surface area contributed by atoms with Gasteiger partial charge in [-0.25, -0.2) is 0 Å². The second-order valence-corrected chi connectivity index (χ2v) is 6.69. The summed E-state index contributed by atoms with van der Waals surface area (Å²) in [5.74, 6) is 0.787. The molecule has 1 saturated carbocycles. The minimum atomic E-state index is 0.414. The van der Waals surface area contributed by atoms with Crippen molar-refractivity contribution in [2.45, 2.75) is 39.7 Å². The van der Waals surface area contributed by atoms with E-state index in [1.165, 1.54) is 29.2 Å². The van der Waals surface area contributed by atoms with Crippen LogP contribution in [0.3, 0.4) is 0 Å². The van der Waals surface area contributed by atoms with Crippen molar-refractivity contribution in [2.24, 2.45) is 11.3 Å². The molecular weight excluding hydrogens is 242 g/mol. The largest absolute Gasteiger partial charge is 0.310 e. The summed E-state index contributed by atoms with van der Waals surface area (Å²) in [4.78, 5) is 0. The van der Waals surface area contributed by atoms with Crippen molar-refractivity contribution in [3.63, 3.8) is 0 Å². The zero-order chi connectivity index (χ0) is 14.2. The maximum Gasteiger partial charge on any atom is 0.0298 e. The zero-order valence-electron chi connectivity index (χ0n) is 12.8. The Bertz CT molecular complexity index is 590. The number of hydrogen-bond acceptors (Lipinski definition) is 1. The third-order valence-electron chi connectivity index (χ3n) is 5.17. The van der Waals surface area contributed by atoms with Crippen LogP contribution < -0.4 is 5.32 Å². The quantitative estimate of drug-likeness (QED) is 0.810. The van der Waals surface area contributed by atoms with Gasteiger partial charge in [0, 0.05) is 12.6 Å². The molecule has 1 N–H and O–H groups in total. The fourth-order valence-corrected chi connectivity index (χ4v) is 3.21. The van der Waals surface area contributed by atoms with Crippen LogP contribution in [0.4, 0.5) is 0 Å². The molecule has 3 rings (SSSR count). The topological polar surface area (TPSA) is 12.0 Å². The summed E-state index contributed by atoms with van der Waals surface area (Å²) in [5, 5.41) is 6.49. The normalized spacial score (nSPS) is 18.4. The first-order chi connectivity index (χ1) is 9.62. The highest BCUT2D eigenvalue weighted by molar-refractivity contribution is 5.86. The number of rotatable bonds is 5. The van der Waals surface area contributed by atoms with Gasteiger partial charge in [0.05, 0.1) is 0 Å². The van der Waals surface area contributed by atoms with Crippen LogP contribution in [-0.4, -0.2) is 6.54 Å². The van der Waals surface area contributed by atoms with Crippen LogP contribution in [-0.2, 0) is 0 Å². The summed E-state index contributed by atoms with van der Waals surface area (Å²) in [6.07, 6.45) is 2.78. The highest BCUT2D eigenvalue weighted by Gasteiger charge is 2.44. The molecule has 0 saturated heterocycles. The average Bonchev–Trinajstić information content (AvgIpc) is 3.25. The average molecular weight is 267 g/mol. The van der Waals surface area contributed by atoms with Crippen LogP contribution in [0, 0.1) is 11.3 Å². The van der Waals surface area contributed by atoms with E-state index in [1.54, 1.807) is 0 Å². The molecule has 0 aromatic heterocycles. The second-order valence-electron chi connectivity index (χ2n) is 6.69. The van der Waals surface area contributed by atoms with Gasteiger partial charge in [-0.15, -0.1) is 0 Å². The van der Waals surface area contributed by atoms with E-state index < -0.39 is 0 Å². The molecule has 0 heterocycles. The summed E-state index contributed by atoms with van der Waals surface area (Å²) in [6.45, 7) is 8.15. The van der Waals surface area contributed by atoms with E-state index in [4.69, 9.17) is 0 Å². The van der Waals surface area contributed by atoms with Gasteiger partial charge in [0.25, 0.3) is 0 Å². The lowest BCUT2D eigenvalue weighted by molar-refractivity contribution is 0.325. The Hall–Kier alpha value is -1.34. The summed E-state index contributed by atoms with van der Waals surface area (Å²) >= 11 is 0. The van der Waals surface area contributed by atoms with Gasteiger partial charge in [-0.05, 0) is 47.4 Å². The van der Waals surface area contributed by atoms with Crippen molar-refractivity contribution in [3.05, 3.63) is 48.0 Å². The van der Waals surface area contributed by atoms with E-state index in [1.807, 2.05) is 0 Å². The molecule has 1 fully saturated rings. The molecule has 0 spiro atoms. The Labute approximate surface area is 122 Å². The fourth-order valence-electron chi connectivity index (χ4n) is 3.21. The Morgan fingerprint density at radius 3 is 2.40 bits per heavy atom. The van der Waals surface area contributed by atoms with Gasteiger partial charge in [-0.1, -0.05) is 56.3 Å². The van der Waals surface area contributed by atoms with Crippen molar-refractivity contribution in [3.8, 4) is 0 Å². The monoisotopic (exact) mass is 267 g/mol. The van der Waals surface area contributed by atoms with E-state index in [2.05, 4.69) is 68.6 Å². The number of hydrogen-bond donors (Lipinski definition) is 1. The summed E-state index contributed by atoms with van der Waals surface area (Å²) in [7, 11) is 0. The molecule has 2 aromatic rings. The molecule has 1 aliphatic carbocycles. The van der Waals surface area contributed by atoms with E-state index in [-0.39, 0.29) is 0 Å². The molecule has 1 nitrogen and oxygen atoms in total. The lowest BCUT2D eigenvalue weighted by Gasteiger charge is -2.24. The predicted octanol–water partition coefficient (Wildman–Crippen LogP) is 4.93. The highest BCUT2D eigenvalue weighted by atomic mass is 14.9. The minimum Gasteiger partial charge on any atom is -0.310 e. The van der Waals surface area contributed by atoms with Crippen LogP contribution >= 0.6 is 0 Å². The Morgan fingerprint density at radius 2 is 1.70 bits per heavy atom. The van der Waals surface area contributed by atoms with Gasteiger partial charge in [0.1, 0.15) is 0 Å². The maximum atomic E-state index is 3.78. The number of nitrogens with one attached hydrogen (secondary N) is 1. The molecule has 0 amide bonds. The van der Waals surface area contributed by atoms with Gasteiger partial charge in [-0.3, -0.25) is 0 Å². The van der Waals surface area contributed by atoms with Gasteiger partial charge in [-0.2, -0.15) is 0 Å². The molecular formula is C19H25N. The first kappa shape index (κ1) is 13.6. The van der Waals surface area contributed by atoms with E-state index >= 15 is 0 Å². The molecule has 1 aliphatic rings. The molecule has 0 radical (unpaired) electrons. The van der Waals surface area contributed by atoms with E-state index in [0.29, 0.717) is 11.5 Å². The molecule has 20 heavy (non-hydrogen) atoms. The highest BCUT2D eigenvalue weighted by Crippen LogP contribution is 2.51. The first-order valence-corrected chi connectivity index (χ1v) is 7.83. The third-order valence-corrected chi connectivity index (χ3v) is 5.17. The van der Waals surface area contributed by atoms with Crippen LogP contribution in [0.1, 0.15) is 45.2 Å². The molecule has 2 aromatic carbocycles. The van der Waals surface area contributed by atoms with Crippen molar-refractivity contribution in [1.29, 1.82) is 0 Å². The van der Waals surface area contributed by atoms with Gasteiger partial charge < -0.3 is 5.32 Å². The smallest absolute Gasteiger partial charge is 0.0298 e. The van der Waals surface area contributed by atoms with Gasteiger partial charge in [0.15, 0.2) is 0 Å². The Morgan fingerprint density at radius 1 is 1.00 bits per heavy atom. The van der Waals surface area contributed by atoms with Crippen LogP contribution in [0.2, 0.25) is 0 Å². The van der Waals surface area contributed by atoms with Crippen molar-refractivity contribution in [1.82, 2.24) is 5.32 Å². The lowest BCUT2D eigenvalue weighted by atomic mass is 9.91. The molecule has 1 atom stereocenters. The van der Waals surface area contributed by atoms with Crippen molar-refractivity contribution >= 4 is 10.8 Å². The summed E-state index contributed by atoms with van der Waals surface area (Å²) in [5.41, 5.74) is 1.99. The molecule has 0 bridgehead atoms. The Balaban J connectivity index is 1.78. The molecule has 106 valence electrons. The zero-order valence-corrected chi connectivity index (χ0v) is 12.8. The van der Waals surface area contributed by atoms with Gasteiger partial charge in [0.2, 0.25) is 0 Å². The maximum absolute atomic E-state index is 3.78. The van der Waals surface area contributed by atoms with Crippen LogP contribution in [0.25, 0.3) is 10.8 Å². The molecule has 0 aliphatic heterocycles. The fraction of sp³-hybridized carbons (Fsp3) is 0.474. The van der Waals surface area contributed by atoms with Gasteiger partial charge >= 0.3 is 0 Å². The Kier molecular flexibility index (Phi) is 3.55. The SMILES string of the molecule is CC(NCC1(C(C)C)CC1)c1cccc2ccccc12. The number of fused-ring (bicyclic) bond motifs is 1. The molecule has 1 unspecified atom stereocenters. The number of benzene rings is 2. The standard InChI is InChI=1S/C19H25N/c1-14(2)19(11-12-19)13-20-15(3)17-10-6-8-16-7-4-5-9-18(16)17/h4-10,14-15,20H,11-13H2,1-3H3. The summed E-state index contributed by atoms with van der Waals surface area (Å²) in [6, 6.07) is 15.7. The van der Waals surface area contributed by atoms with Crippen molar-refractivity contribution in [2.75, 3.05) is 6.54 Å². The first-order valence-electron chi connectivity index (χ1n) is 7.83. The minimum absolute atomic E-state index is 0.414. The summed E-state index contributed by atoms with van der Waals surface area (Å²) < 4.78 is 0. The predicted molar refractivity (Wildman–Crippen MR) is 86.9 cm³/mol. The van der Waals surface area contributed by atoms with Crippen LogP contribution in [0.5, 0.6) is 0 Å². The van der Waals surface area contributed by atoms with Crippen LogP contribution in [0.15, 0.2) is 42.5 Å². The van der Waals surface area contributed by atoms with E-state index in [9.17, 15) is 0 Å². The lowest BCUT2D eigenvalue weighted by Crippen LogP contribution is -2.29. The second kappa shape index (κ2) is 5.21. The van der Waals surface area contributed by atoms with E-state index in [0.717, 1.165) is 12.5 Å². The third kappa shape index (κ3) is 2.47.